The zero-order valence-corrected chi connectivity index (χ0v) is 14.1. The largest absolute Gasteiger partial charge is 0.409 e. The normalized spacial score (nSPS) is 16.9. The van der Waals surface area contributed by atoms with Crippen LogP contribution in [0.4, 0.5) is 4.39 Å². The number of halogens is 1. The average Bonchev–Trinajstić information content (AvgIpc) is 2.65. The second-order valence-electron chi connectivity index (χ2n) is 6.33. The first-order valence-corrected chi connectivity index (χ1v) is 8.40. The number of nitrogens with two attached hydrogens (primary N) is 1. The number of oxime groups is 1. The zero-order chi connectivity index (χ0) is 17.6. The SMILES string of the molecule is N/C(=N/O)c1ccc(CN2CCN(Cc3ccccc3)CC2)c(F)c1. The van der Waals surface area contributed by atoms with Crippen LogP contribution in [0.1, 0.15) is 16.7 Å². The van der Waals surface area contributed by atoms with Crippen molar-refractivity contribution in [2.24, 2.45) is 10.9 Å². The van der Waals surface area contributed by atoms with Gasteiger partial charge in [0.25, 0.3) is 0 Å². The Kier molecular flexibility index (Phi) is 5.63. The van der Waals surface area contributed by atoms with E-state index in [4.69, 9.17) is 10.9 Å². The molecule has 0 spiro atoms. The highest BCUT2D eigenvalue weighted by Crippen LogP contribution is 2.15. The Hall–Kier alpha value is -2.44. The number of rotatable bonds is 5. The van der Waals surface area contributed by atoms with E-state index >= 15 is 0 Å². The van der Waals surface area contributed by atoms with Crippen molar-refractivity contribution in [2.75, 3.05) is 26.2 Å². The highest BCUT2D eigenvalue weighted by Gasteiger charge is 2.18. The molecule has 3 N–H and O–H groups in total. The van der Waals surface area contributed by atoms with Crippen LogP contribution in [0, 0.1) is 5.82 Å². The molecule has 0 radical (unpaired) electrons. The molecule has 25 heavy (non-hydrogen) atoms. The molecule has 0 saturated carbocycles. The van der Waals surface area contributed by atoms with Crippen LogP contribution in [0.3, 0.4) is 0 Å². The fourth-order valence-electron chi connectivity index (χ4n) is 3.08. The lowest BCUT2D eigenvalue weighted by atomic mass is 10.1. The Labute approximate surface area is 147 Å². The molecule has 1 aliphatic heterocycles. The monoisotopic (exact) mass is 342 g/mol. The van der Waals surface area contributed by atoms with Gasteiger partial charge < -0.3 is 10.9 Å². The maximum absolute atomic E-state index is 14.2. The summed E-state index contributed by atoms with van der Waals surface area (Å²) in [5.41, 5.74) is 7.83. The van der Waals surface area contributed by atoms with Crippen LogP contribution in [-0.4, -0.2) is 47.0 Å². The topological polar surface area (TPSA) is 65.1 Å². The van der Waals surface area contributed by atoms with Crippen molar-refractivity contribution < 1.29 is 9.60 Å². The third-order valence-corrected chi connectivity index (χ3v) is 4.56. The number of benzene rings is 2. The fourth-order valence-corrected chi connectivity index (χ4v) is 3.08. The fraction of sp³-hybridized carbons (Fsp3) is 0.316. The molecule has 0 unspecified atom stereocenters. The molecule has 2 aromatic rings. The van der Waals surface area contributed by atoms with Crippen molar-refractivity contribution in [1.82, 2.24) is 9.80 Å². The van der Waals surface area contributed by atoms with Crippen molar-refractivity contribution >= 4 is 5.84 Å². The van der Waals surface area contributed by atoms with Gasteiger partial charge in [-0.25, -0.2) is 4.39 Å². The summed E-state index contributed by atoms with van der Waals surface area (Å²) in [7, 11) is 0. The lowest BCUT2D eigenvalue weighted by Gasteiger charge is -2.34. The Bertz CT molecular complexity index is 727. The molecule has 0 amide bonds. The van der Waals surface area contributed by atoms with Gasteiger partial charge in [-0.2, -0.15) is 0 Å². The van der Waals surface area contributed by atoms with Crippen molar-refractivity contribution in [2.45, 2.75) is 13.1 Å². The molecule has 0 aliphatic carbocycles. The van der Waals surface area contributed by atoms with Gasteiger partial charge >= 0.3 is 0 Å². The lowest BCUT2D eigenvalue weighted by Crippen LogP contribution is -2.45. The summed E-state index contributed by atoms with van der Waals surface area (Å²) in [6.07, 6.45) is 0. The first-order chi connectivity index (χ1) is 12.2. The molecule has 1 fully saturated rings. The van der Waals surface area contributed by atoms with E-state index in [9.17, 15) is 4.39 Å². The van der Waals surface area contributed by atoms with Crippen molar-refractivity contribution in [3.05, 3.63) is 71.0 Å². The van der Waals surface area contributed by atoms with Crippen LogP contribution in [0.25, 0.3) is 0 Å². The van der Waals surface area contributed by atoms with E-state index < -0.39 is 0 Å². The molecule has 3 rings (SSSR count). The number of hydrogen-bond donors (Lipinski definition) is 2. The summed E-state index contributed by atoms with van der Waals surface area (Å²) < 4.78 is 14.2. The Morgan fingerprint density at radius 2 is 1.64 bits per heavy atom. The molecule has 0 atom stereocenters. The van der Waals surface area contributed by atoms with Gasteiger partial charge in [-0.05, 0) is 11.6 Å². The summed E-state index contributed by atoms with van der Waals surface area (Å²) in [6.45, 7) is 5.29. The van der Waals surface area contributed by atoms with Gasteiger partial charge in [0.15, 0.2) is 5.84 Å². The van der Waals surface area contributed by atoms with Crippen LogP contribution >= 0.6 is 0 Å². The molecule has 2 aromatic carbocycles. The molecule has 5 nitrogen and oxygen atoms in total. The zero-order valence-electron chi connectivity index (χ0n) is 14.1. The van der Waals surface area contributed by atoms with Gasteiger partial charge in [-0.1, -0.05) is 47.6 Å². The summed E-state index contributed by atoms with van der Waals surface area (Å²) >= 11 is 0. The van der Waals surface area contributed by atoms with Gasteiger partial charge in [0.1, 0.15) is 5.82 Å². The van der Waals surface area contributed by atoms with E-state index in [-0.39, 0.29) is 11.7 Å². The van der Waals surface area contributed by atoms with Crippen LogP contribution < -0.4 is 5.73 Å². The number of hydrogen-bond acceptors (Lipinski definition) is 4. The molecule has 0 bridgehead atoms. The standard InChI is InChI=1S/C19H23FN4O/c20-18-12-16(19(21)22-25)6-7-17(18)14-24-10-8-23(9-11-24)13-15-4-2-1-3-5-15/h1-7,12,25H,8-11,13-14H2,(H2,21,22). The molecular weight excluding hydrogens is 319 g/mol. The molecule has 1 aliphatic rings. The molecule has 1 heterocycles. The van der Waals surface area contributed by atoms with E-state index in [0.717, 1.165) is 32.7 Å². The van der Waals surface area contributed by atoms with Gasteiger partial charge in [0.05, 0.1) is 0 Å². The lowest BCUT2D eigenvalue weighted by molar-refractivity contribution is 0.121. The third-order valence-electron chi connectivity index (χ3n) is 4.56. The maximum atomic E-state index is 14.2. The van der Waals surface area contributed by atoms with Crippen LogP contribution in [0.5, 0.6) is 0 Å². The van der Waals surface area contributed by atoms with Crippen LogP contribution in [-0.2, 0) is 13.1 Å². The van der Waals surface area contributed by atoms with E-state index in [1.807, 2.05) is 6.07 Å². The third kappa shape index (κ3) is 4.55. The van der Waals surface area contributed by atoms with E-state index in [1.54, 1.807) is 12.1 Å². The summed E-state index contributed by atoms with van der Waals surface area (Å²) in [5.74, 6) is -0.407. The molecular formula is C19H23FN4O. The second kappa shape index (κ2) is 8.09. The predicted molar refractivity (Wildman–Crippen MR) is 95.9 cm³/mol. The number of piperazine rings is 1. The summed E-state index contributed by atoms with van der Waals surface area (Å²) in [4.78, 5) is 4.67. The Morgan fingerprint density at radius 1 is 1.00 bits per heavy atom. The molecule has 6 heteroatoms. The first kappa shape index (κ1) is 17.4. The average molecular weight is 342 g/mol. The van der Waals surface area contributed by atoms with Crippen LogP contribution in [0.15, 0.2) is 53.7 Å². The number of amidine groups is 1. The molecule has 132 valence electrons. The predicted octanol–water partition coefficient (Wildman–Crippen LogP) is 2.24. The van der Waals surface area contributed by atoms with Gasteiger partial charge in [-0.3, -0.25) is 9.80 Å². The summed E-state index contributed by atoms with van der Waals surface area (Å²) in [5, 5.41) is 11.6. The molecule has 0 aromatic heterocycles. The van der Waals surface area contributed by atoms with Gasteiger partial charge in [-0.15, -0.1) is 0 Å². The summed E-state index contributed by atoms with van der Waals surface area (Å²) in [6, 6.07) is 15.1. The van der Waals surface area contributed by atoms with Gasteiger partial charge in [0, 0.05) is 50.4 Å². The highest BCUT2D eigenvalue weighted by atomic mass is 19.1. The minimum Gasteiger partial charge on any atom is -0.409 e. The van der Waals surface area contributed by atoms with Crippen molar-refractivity contribution in [1.29, 1.82) is 0 Å². The maximum Gasteiger partial charge on any atom is 0.170 e. The van der Waals surface area contributed by atoms with Crippen molar-refractivity contribution in [3.63, 3.8) is 0 Å². The smallest absolute Gasteiger partial charge is 0.170 e. The second-order valence-corrected chi connectivity index (χ2v) is 6.33. The number of nitrogens with zero attached hydrogens (tertiary/aromatic N) is 3. The van der Waals surface area contributed by atoms with E-state index in [0.29, 0.717) is 17.7 Å². The van der Waals surface area contributed by atoms with Crippen LogP contribution in [0.2, 0.25) is 0 Å². The van der Waals surface area contributed by atoms with E-state index in [2.05, 4.69) is 39.2 Å². The van der Waals surface area contributed by atoms with Gasteiger partial charge in [0.2, 0.25) is 0 Å². The van der Waals surface area contributed by atoms with E-state index in [1.165, 1.54) is 11.6 Å². The quantitative estimate of drug-likeness (QED) is 0.379. The Balaban J connectivity index is 1.54. The highest BCUT2D eigenvalue weighted by molar-refractivity contribution is 5.97. The minimum atomic E-state index is -0.323. The first-order valence-electron chi connectivity index (χ1n) is 8.40. The minimum absolute atomic E-state index is 0.0834. The van der Waals surface area contributed by atoms with Crippen molar-refractivity contribution in [3.8, 4) is 0 Å². The Morgan fingerprint density at radius 3 is 2.24 bits per heavy atom. The molecule has 1 saturated heterocycles.